The normalized spacial score (nSPS) is 17.2. The van der Waals surface area contributed by atoms with Crippen LogP contribution in [0.5, 0.6) is 17.2 Å². The third kappa shape index (κ3) is 5.63. The summed E-state index contributed by atoms with van der Waals surface area (Å²) in [4.78, 5) is 26.1. The number of methoxy groups -OCH3 is 1. The molecule has 0 bridgehead atoms. The summed E-state index contributed by atoms with van der Waals surface area (Å²) in [6, 6.07) is 7.21. The van der Waals surface area contributed by atoms with E-state index in [1.807, 2.05) is 6.92 Å². The molecule has 0 saturated heterocycles. The highest BCUT2D eigenvalue weighted by molar-refractivity contribution is 5.94. The zero-order valence-corrected chi connectivity index (χ0v) is 20.1. The van der Waals surface area contributed by atoms with Gasteiger partial charge in [-0.05, 0) is 52.0 Å². The standard InChI is InChI=1S/C25H30FNO6/c1-24(2,3)33-23(29)15-10-20(18-13-25(4,14-30-7)32-21(18)11-15)31-16-8-9-17(19(26)12-16)22(28)27(5)6/h8-12H,13-14H2,1-7H3. The van der Waals surface area contributed by atoms with Gasteiger partial charge in [-0.3, -0.25) is 4.79 Å². The lowest BCUT2D eigenvalue weighted by Gasteiger charge is -2.22. The molecule has 0 saturated carbocycles. The summed E-state index contributed by atoms with van der Waals surface area (Å²) >= 11 is 0. The molecule has 0 spiro atoms. The van der Waals surface area contributed by atoms with E-state index in [9.17, 15) is 14.0 Å². The van der Waals surface area contributed by atoms with E-state index < -0.39 is 28.9 Å². The van der Waals surface area contributed by atoms with E-state index in [1.54, 1.807) is 54.1 Å². The summed E-state index contributed by atoms with van der Waals surface area (Å²) in [7, 11) is 4.68. The van der Waals surface area contributed by atoms with Gasteiger partial charge in [0, 0.05) is 39.3 Å². The van der Waals surface area contributed by atoms with Gasteiger partial charge >= 0.3 is 5.97 Å². The zero-order chi connectivity index (χ0) is 24.6. The van der Waals surface area contributed by atoms with E-state index in [2.05, 4.69) is 0 Å². The Kier molecular flexibility index (Phi) is 6.70. The highest BCUT2D eigenvalue weighted by atomic mass is 19.1. The van der Waals surface area contributed by atoms with Crippen molar-refractivity contribution in [1.82, 2.24) is 4.90 Å². The first kappa shape index (κ1) is 24.5. The molecule has 0 N–H and O–H groups in total. The molecule has 2 aromatic rings. The molecule has 0 aromatic heterocycles. The van der Waals surface area contributed by atoms with Crippen molar-refractivity contribution in [2.45, 2.75) is 45.3 Å². The SMILES string of the molecule is COCC1(C)Cc2c(Oc3ccc(C(=O)N(C)C)c(F)c3)cc(C(=O)OC(C)(C)C)cc2O1. The zero-order valence-electron chi connectivity index (χ0n) is 20.1. The van der Waals surface area contributed by atoms with Crippen LogP contribution in [-0.4, -0.2) is 55.8 Å². The highest BCUT2D eigenvalue weighted by Gasteiger charge is 2.38. The molecule has 0 radical (unpaired) electrons. The van der Waals surface area contributed by atoms with E-state index >= 15 is 0 Å². The number of esters is 1. The van der Waals surface area contributed by atoms with Crippen molar-refractivity contribution in [2.75, 3.05) is 27.8 Å². The largest absolute Gasteiger partial charge is 0.484 e. The van der Waals surface area contributed by atoms with Gasteiger partial charge in [0.2, 0.25) is 0 Å². The number of halogens is 1. The van der Waals surface area contributed by atoms with Crippen molar-refractivity contribution < 1.29 is 32.9 Å². The van der Waals surface area contributed by atoms with E-state index in [-0.39, 0.29) is 16.9 Å². The van der Waals surface area contributed by atoms with Crippen LogP contribution in [0.25, 0.3) is 0 Å². The first-order valence-electron chi connectivity index (χ1n) is 10.6. The number of hydrogen-bond acceptors (Lipinski definition) is 6. The van der Waals surface area contributed by atoms with E-state index in [0.29, 0.717) is 24.5 Å². The van der Waals surface area contributed by atoms with Crippen LogP contribution < -0.4 is 9.47 Å². The number of benzene rings is 2. The Labute approximate surface area is 193 Å². The molecule has 178 valence electrons. The molecular weight excluding hydrogens is 429 g/mol. The van der Waals surface area contributed by atoms with Gasteiger partial charge in [-0.25, -0.2) is 9.18 Å². The predicted molar refractivity (Wildman–Crippen MR) is 121 cm³/mol. The van der Waals surface area contributed by atoms with Gasteiger partial charge in [-0.2, -0.15) is 0 Å². The number of carbonyl (C=O) groups is 2. The Balaban J connectivity index is 2.00. The summed E-state index contributed by atoms with van der Waals surface area (Å²) in [5.41, 5.74) is -0.401. The van der Waals surface area contributed by atoms with Gasteiger partial charge in [0.1, 0.15) is 34.3 Å². The first-order chi connectivity index (χ1) is 15.3. The molecule has 33 heavy (non-hydrogen) atoms. The maximum atomic E-state index is 14.6. The molecule has 1 atom stereocenters. The minimum atomic E-state index is -0.702. The van der Waals surface area contributed by atoms with Crippen molar-refractivity contribution >= 4 is 11.9 Å². The smallest absolute Gasteiger partial charge is 0.338 e. The molecule has 1 aliphatic heterocycles. The maximum Gasteiger partial charge on any atom is 0.338 e. The maximum absolute atomic E-state index is 14.6. The van der Waals surface area contributed by atoms with E-state index in [1.165, 1.54) is 17.0 Å². The lowest BCUT2D eigenvalue weighted by molar-refractivity contribution is 0.00655. The number of ether oxygens (including phenoxy) is 4. The average Bonchev–Trinajstić information content (AvgIpc) is 3.02. The number of carbonyl (C=O) groups excluding carboxylic acids is 2. The summed E-state index contributed by atoms with van der Waals surface area (Å²) in [6.07, 6.45) is 0.472. The van der Waals surface area contributed by atoms with Crippen LogP contribution >= 0.6 is 0 Å². The fourth-order valence-corrected chi connectivity index (χ4v) is 3.59. The van der Waals surface area contributed by atoms with E-state index in [4.69, 9.17) is 18.9 Å². The molecule has 3 rings (SSSR count). The van der Waals surface area contributed by atoms with Crippen LogP contribution in [0.2, 0.25) is 0 Å². The molecule has 1 aliphatic rings. The van der Waals surface area contributed by atoms with Crippen LogP contribution in [0.15, 0.2) is 30.3 Å². The van der Waals surface area contributed by atoms with Crippen molar-refractivity contribution in [3.63, 3.8) is 0 Å². The van der Waals surface area contributed by atoms with Crippen LogP contribution in [0.4, 0.5) is 4.39 Å². The van der Waals surface area contributed by atoms with Gasteiger partial charge in [0.05, 0.1) is 17.7 Å². The van der Waals surface area contributed by atoms with Crippen molar-refractivity contribution in [3.05, 3.63) is 52.8 Å². The summed E-state index contributed by atoms with van der Waals surface area (Å²) < 4.78 is 37.5. The van der Waals surface area contributed by atoms with Gasteiger partial charge in [0.15, 0.2) is 0 Å². The Morgan fingerprint density at radius 2 is 1.88 bits per heavy atom. The average molecular weight is 460 g/mol. The third-order valence-corrected chi connectivity index (χ3v) is 4.96. The fourth-order valence-electron chi connectivity index (χ4n) is 3.59. The lowest BCUT2D eigenvalue weighted by Crippen LogP contribution is -2.35. The molecule has 7 nitrogen and oxygen atoms in total. The molecule has 1 amide bonds. The minimum Gasteiger partial charge on any atom is -0.484 e. The van der Waals surface area contributed by atoms with Crippen molar-refractivity contribution in [3.8, 4) is 17.2 Å². The second-order valence-electron chi connectivity index (χ2n) is 9.56. The summed E-state index contributed by atoms with van der Waals surface area (Å²) in [6.45, 7) is 7.57. The Morgan fingerprint density at radius 3 is 2.45 bits per heavy atom. The van der Waals surface area contributed by atoms with Crippen LogP contribution in [0.3, 0.4) is 0 Å². The predicted octanol–water partition coefficient (Wildman–Crippen LogP) is 4.62. The molecule has 2 aromatic carbocycles. The quantitative estimate of drug-likeness (QED) is 0.587. The molecule has 0 fully saturated rings. The van der Waals surface area contributed by atoms with Gasteiger partial charge in [-0.1, -0.05) is 0 Å². The Hall–Kier alpha value is -3.13. The Bertz CT molecular complexity index is 1080. The second-order valence-corrected chi connectivity index (χ2v) is 9.56. The third-order valence-electron chi connectivity index (χ3n) is 4.96. The van der Waals surface area contributed by atoms with Gasteiger partial charge in [0.25, 0.3) is 5.91 Å². The molecule has 1 unspecified atom stereocenters. The molecule has 0 aliphatic carbocycles. The van der Waals surface area contributed by atoms with Crippen molar-refractivity contribution in [1.29, 1.82) is 0 Å². The van der Waals surface area contributed by atoms with Crippen LogP contribution in [-0.2, 0) is 15.9 Å². The lowest BCUT2D eigenvalue weighted by atomic mass is 9.98. The van der Waals surface area contributed by atoms with Crippen molar-refractivity contribution in [2.24, 2.45) is 0 Å². The number of hydrogen-bond donors (Lipinski definition) is 0. The molecular formula is C25H30FNO6. The van der Waals surface area contributed by atoms with Crippen LogP contribution in [0.1, 0.15) is 54.0 Å². The van der Waals surface area contributed by atoms with Crippen LogP contribution in [0, 0.1) is 5.82 Å². The summed E-state index contributed by atoms with van der Waals surface area (Å²) in [5, 5.41) is 0. The number of nitrogens with zero attached hydrogens (tertiary/aromatic N) is 1. The Morgan fingerprint density at radius 1 is 1.18 bits per heavy atom. The molecule has 8 heteroatoms. The minimum absolute atomic E-state index is 0.0592. The van der Waals surface area contributed by atoms with E-state index in [0.717, 1.165) is 11.6 Å². The fraction of sp³-hybridized carbons (Fsp3) is 0.440. The van der Waals surface area contributed by atoms with Gasteiger partial charge in [-0.15, -0.1) is 0 Å². The molecule has 1 heterocycles. The van der Waals surface area contributed by atoms with Gasteiger partial charge < -0.3 is 23.8 Å². The second kappa shape index (κ2) is 9.02. The number of amides is 1. The first-order valence-corrected chi connectivity index (χ1v) is 10.6. The number of rotatable bonds is 6. The topological polar surface area (TPSA) is 74.3 Å². The summed E-state index contributed by atoms with van der Waals surface area (Å²) in [5.74, 6) is -0.668. The number of fused-ring (bicyclic) bond motifs is 1. The monoisotopic (exact) mass is 459 g/mol. The highest BCUT2D eigenvalue weighted by Crippen LogP contribution is 2.43.